The SMILES string of the molecule is COc1ccc(N(C)S(=O)(=O)c2ccc(Cl)c(Br)c2)cc1. The first-order valence-corrected chi connectivity index (χ1v) is 8.55. The number of nitrogens with zero attached hydrogens (tertiary/aromatic N) is 1. The van der Waals surface area contributed by atoms with Crippen molar-refractivity contribution in [2.45, 2.75) is 4.90 Å². The Bertz CT molecular complexity index is 747. The van der Waals surface area contributed by atoms with Gasteiger partial charge in [-0.15, -0.1) is 0 Å². The lowest BCUT2D eigenvalue weighted by atomic mass is 10.3. The van der Waals surface area contributed by atoms with Crippen LogP contribution >= 0.6 is 27.5 Å². The molecule has 21 heavy (non-hydrogen) atoms. The van der Waals surface area contributed by atoms with Gasteiger partial charge in [0.25, 0.3) is 10.0 Å². The van der Waals surface area contributed by atoms with Gasteiger partial charge in [-0.05, 0) is 58.4 Å². The Hall–Kier alpha value is -1.24. The Morgan fingerprint density at radius 2 is 1.76 bits per heavy atom. The highest BCUT2D eigenvalue weighted by atomic mass is 79.9. The van der Waals surface area contributed by atoms with Crippen LogP contribution in [0.4, 0.5) is 5.69 Å². The van der Waals surface area contributed by atoms with E-state index in [-0.39, 0.29) is 4.90 Å². The van der Waals surface area contributed by atoms with Crippen molar-refractivity contribution in [1.29, 1.82) is 0 Å². The second-order valence-corrected chi connectivity index (χ2v) is 7.48. The lowest BCUT2D eigenvalue weighted by Gasteiger charge is -2.20. The summed E-state index contributed by atoms with van der Waals surface area (Å²) in [5.74, 6) is 0.666. The van der Waals surface area contributed by atoms with E-state index in [1.54, 1.807) is 37.4 Å². The molecule has 0 aliphatic carbocycles. The smallest absolute Gasteiger partial charge is 0.264 e. The first-order valence-electron chi connectivity index (χ1n) is 5.94. The average Bonchev–Trinajstić information content (AvgIpc) is 2.49. The quantitative estimate of drug-likeness (QED) is 0.794. The van der Waals surface area contributed by atoms with Crippen molar-refractivity contribution >= 4 is 43.2 Å². The molecular weight excluding hydrogens is 378 g/mol. The Morgan fingerprint density at radius 3 is 2.29 bits per heavy atom. The van der Waals surface area contributed by atoms with Gasteiger partial charge in [0, 0.05) is 11.5 Å². The average molecular weight is 391 g/mol. The van der Waals surface area contributed by atoms with E-state index in [0.29, 0.717) is 20.9 Å². The molecule has 112 valence electrons. The highest BCUT2D eigenvalue weighted by Crippen LogP contribution is 2.29. The van der Waals surface area contributed by atoms with Gasteiger partial charge in [0.05, 0.1) is 22.7 Å². The molecule has 0 atom stereocenters. The zero-order valence-corrected chi connectivity index (χ0v) is 14.5. The zero-order chi connectivity index (χ0) is 15.6. The Kier molecular flexibility index (Phi) is 4.81. The molecule has 7 heteroatoms. The monoisotopic (exact) mass is 389 g/mol. The molecule has 0 saturated carbocycles. The summed E-state index contributed by atoms with van der Waals surface area (Å²) in [6.45, 7) is 0. The Labute approximate surface area is 137 Å². The van der Waals surface area contributed by atoms with E-state index in [0.717, 1.165) is 0 Å². The third-order valence-corrected chi connectivity index (χ3v) is 5.98. The number of halogens is 2. The van der Waals surface area contributed by atoms with E-state index in [9.17, 15) is 8.42 Å². The number of methoxy groups -OCH3 is 1. The third kappa shape index (κ3) is 3.33. The van der Waals surface area contributed by atoms with Crippen LogP contribution in [0.5, 0.6) is 5.75 Å². The third-order valence-electron chi connectivity index (χ3n) is 2.99. The van der Waals surface area contributed by atoms with E-state index >= 15 is 0 Å². The largest absolute Gasteiger partial charge is 0.497 e. The molecular formula is C14H13BrClNO3S. The van der Waals surface area contributed by atoms with Crippen LogP contribution in [0.1, 0.15) is 0 Å². The fourth-order valence-corrected chi connectivity index (χ4v) is 3.60. The van der Waals surface area contributed by atoms with E-state index in [4.69, 9.17) is 16.3 Å². The van der Waals surface area contributed by atoms with Crippen LogP contribution in [0.2, 0.25) is 5.02 Å². The van der Waals surface area contributed by atoms with Crippen molar-refractivity contribution < 1.29 is 13.2 Å². The first kappa shape index (κ1) is 16.1. The van der Waals surface area contributed by atoms with Crippen LogP contribution in [0.15, 0.2) is 51.8 Å². The molecule has 0 heterocycles. The molecule has 0 bridgehead atoms. The number of sulfonamides is 1. The molecule has 0 aliphatic rings. The second kappa shape index (κ2) is 6.25. The summed E-state index contributed by atoms with van der Waals surface area (Å²) in [7, 11) is -0.591. The minimum Gasteiger partial charge on any atom is -0.497 e. The second-order valence-electron chi connectivity index (χ2n) is 4.25. The van der Waals surface area contributed by atoms with Crippen LogP contribution in [0.25, 0.3) is 0 Å². The lowest BCUT2D eigenvalue weighted by Crippen LogP contribution is -2.26. The van der Waals surface area contributed by atoms with Gasteiger partial charge in [-0.3, -0.25) is 4.31 Å². The molecule has 2 aromatic carbocycles. The summed E-state index contributed by atoms with van der Waals surface area (Å²) in [5, 5.41) is 0.459. The van der Waals surface area contributed by atoms with E-state index < -0.39 is 10.0 Å². The van der Waals surface area contributed by atoms with Crippen LogP contribution < -0.4 is 9.04 Å². The van der Waals surface area contributed by atoms with Crippen LogP contribution in [-0.4, -0.2) is 22.6 Å². The maximum Gasteiger partial charge on any atom is 0.264 e. The predicted molar refractivity (Wildman–Crippen MR) is 87.7 cm³/mol. The Morgan fingerprint density at radius 1 is 1.14 bits per heavy atom. The van der Waals surface area contributed by atoms with E-state index in [2.05, 4.69) is 15.9 Å². The summed E-state index contributed by atoms with van der Waals surface area (Å²) in [6.07, 6.45) is 0. The van der Waals surface area contributed by atoms with E-state index in [1.807, 2.05) is 0 Å². The van der Waals surface area contributed by atoms with Crippen molar-refractivity contribution in [3.63, 3.8) is 0 Å². The summed E-state index contributed by atoms with van der Waals surface area (Å²) >= 11 is 9.12. The minimum atomic E-state index is -3.65. The summed E-state index contributed by atoms with van der Waals surface area (Å²) < 4.78 is 32.0. The fourth-order valence-electron chi connectivity index (χ4n) is 1.73. The van der Waals surface area contributed by atoms with Crippen LogP contribution in [-0.2, 0) is 10.0 Å². The van der Waals surface area contributed by atoms with Gasteiger partial charge in [-0.2, -0.15) is 0 Å². The summed E-state index contributed by atoms with van der Waals surface area (Å²) in [5.41, 5.74) is 0.543. The number of hydrogen-bond donors (Lipinski definition) is 0. The molecule has 0 unspecified atom stereocenters. The van der Waals surface area contributed by atoms with Gasteiger partial charge in [0.1, 0.15) is 5.75 Å². The van der Waals surface area contributed by atoms with Crippen molar-refractivity contribution in [1.82, 2.24) is 0 Å². The van der Waals surface area contributed by atoms with Crippen molar-refractivity contribution in [3.8, 4) is 5.75 Å². The standard InChI is InChI=1S/C14H13BrClNO3S/c1-17(10-3-5-11(20-2)6-4-10)21(18,19)12-7-8-14(16)13(15)9-12/h3-9H,1-2H3. The molecule has 0 radical (unpaired) electrons. The molecule has 0 aliphatic heterocycles. The topological polar surface area (TPSA) is 46.6 Å². The van der Waals surface area contributed by atoms with Gasteiger partial charge in [-0.1, -0.05) is 11.6 Å². The highest BCUT2D eigenvalue weighted by Gasteiger charge is 2.22. The van der Waals surface area contributed by atoms with Gasteiger partial charge in [-0.25, -0.2) is 8.42 Å². The number of ether oxygens (including phenoxy) is 1. The van der Waals surface area contributed by atoms with Gasteiger partial charge in [0.2, 0.25) is 0 Å². The van der Waals surface area contributed by atoms with Crippen molar-refractivity contribution in [2.75, 3.05) is 18.5 Å². The van der Waals surface area contributed by atoms with Crippen molar-refractivity contribution in [2.24, 2.45) is 0 Å². The minimum absolute atomic E-state index is 0.164. The highest BCUT2D eigenvalue weighted by molar-refractivity contribution is 9.10. The van der Waals surface area contributed by atoms with Crippen LogP contribution in [0.3, 0.4) is 0 Å². The van der Waals surface area contributed by atoms with E-state index in [1.165, 1.54) is 23.5 Å². The van der Waals surface area contributed by atoms with Gasteiger partial charge < -0.3 is 4.74 Å². The number of rotatable bonds is 4. The summed E-state index contributed by atoms with van der Waals surface area (Å²) in [4.78, 5) is 0.164. The predicted octanol–water partition coefficient (Wildman–Crippen LogP) is 3.94. The van der Waals surface area contributed by atoms with Crippen LogP contribution in [0, 0.1) is 0 Å². The molecule has 2 rings (SSSR count). The van der Waals surface area contributed by atoms with Gasteiger partial charge >= 0.3 is 0 Å². The molecule has 2 aromatic rings. The maximum atomic E-state index is 12.6. The Balaban J connectivity index is 2.39. The zero-order valence-electron chi connectivity index (χ0n) is 11.4. The normalized spacial score (nSPS) is 11.2. The molecule has 0 N–H and O–H groups in total. The van der Waals surface area contributed by atoms with Gasteiger partial charge in [0.15, 0.2) is 0 Å². The van der Waals surface area contributed by atoms with Crippen molar-refractivity contribution in [3.05, 3.63) is 52.0 Å². The lowest BCUT2D eigenvalue weighted by molar-refractivity contribution is 0.415. The number of hydrogen-bond acceptors (Lipinski definition) is 3. The molecule has 0 fully saturated rings. The number of anilines is 1. The molecule has 0 spiro atoms. The fraction of sp³-hybridized carbons (Fsp3) is 0.143. The molecule has 0 amide bonds. The first-order chi connectivity index (χ1) is 9.86. The summed E-state index contributed by atoms with van der Waals surface area (Å²) in [6, 6.07) is 11.3. The molecule has 0 aromatic heterocycles. The molecule has 0 saturated heterocycles. The number of benzene rings is 2. The maximum absolute atomic E-state index is 12.6. The molecule has 4 nitrogen and oxygen atoms in total.